The van der Waals surface area contributed by atoms with Crippen LogP contribution < -0.4 is 4.74 Å². The fourth-order valence-corrected chi connectivity index (χ4v) is 2.47. The molecule has 0 unspecified atom stereocenters. The van der Waals surface area contributed by atoms with Gasteiger partial charge in [0.15, 0.2) is 0 Å². The summed E-state index contributed by atoms with van der Waals surface area (Å²) in [6.07, 6.45) is 10.0. The van der Waals surface area contributed by atoms with Crippen LogP contribution >= 0.6 is 24.8 Å². The van der Waals surface area contributed by atoms with Crippen LogP contribution in [-0.4, -0.2) is 10.3 Å². The Morgan fingerprint density at radius 1 is 1.12 bits per heavy atom. The number of allylic oxidation sites excluding steroid dienone is 4. The Morgan fingerprint density at radius 3 is 2.35 bits per heavy atom. The van der Waals surface area contributed by atoms with Gasteiger partial charge < -0.3 is 4.74 Å². The van der Waals surface area contributed by atoms with Gasteiger partial charge in [-0.05, 0) is 0 Å². The summed E-state index contributed by atoms with van der Waals surface area (Å²) in [5, 5.41) is 2.57. The van der Waals surface area contributed by atoms with Crippen molar-refractivity contribution in [2.24, 2.45) is 0 Å². The van der Waals surface area contributed by atoms with Crippen molar-refractivity contribution in [2.45, 2.75) is 20.3 Å². The number of halogens is 2. The molecular formula is C22H24Cl2OZr. The van der Waals surface area contributed by atoms with E-state index in [1.165, 1.54) is 25.1 Å². The van der Waals surface area contributed by atoms with Crippen molar-refractivity contribution in [1.82, 2.24) is 0 Å². The van der Waals surface area contributed by atoms with Crippen molar-refractivity contribution in [1.29, 1.82) is 0 Å². The van der Waals surface area contributed by atoms with Crippen LogP contribution in [-0.2, 0) is 24.2 Å². The van der Waals surface area contributed by atoms with Gasteiger partial charge in [0, 0.05) is 5.75 Å². The monoisotopic (exact) mass is 464 g/mol. The number of methoxy groups -OCH3 is 1. The van der Waals surface area contributed by atoms with Crippen LogP contribution in [0.4, 0.5) is 0 Å². The molecule has 4 rings (SSSR count). The number of rotatable bonds is 1. The average molecular weight is 467 g/mol. The maximum Gasteiger partial charge on any atom is -0.109 e. The number of benzene rings is 2. The Hall–Kier alpha value is -1.08. The molecule has 0 saturated heterocycles. The van der Waals surface area contributed by atoms with E-state index < -0.39 is 0 Å². The summed E-state index contributed by atoms with van der Waals surface area (Å²) >= 11 is 1.55. The van der Waals surface area contributed by atoms with Gasteiger partial charge in [0.05, 0.1) is 7.11 Å². The third kappa shape index (κ3) is 7.27. The Labute approximate surface area is 184 Å². The van der Waals surface area contributed by atoms with Crippen molar-refractivity contribution in [3.8, 4) is 16.9 Å². The molecule has 0 aliphatic heterocycles. The largest absolute Gasteiger partial charge is 0.273 e. The van der Waals surface area contributed by atoms with Gasteiger partial charge in [-0.1, -0.05) is 46.2 Å². The van der Waals surface area contributed by atoms with Crippen molar-refractivity contribution >= 4 is 38.8 Å². The minimum atomic E-state index is 0. The molecule has 0 spiro atoms. The standard InChI is InChI=1S/C14H11O.C5H5.C3H6.2ClH.Zr/c1-15-14-8-4-7-12-11-6-3-2-5-10(11)9-13(12)14;1-2-4-5-3-1;1-3-2;;;/h2-9H,1H3;1-3H,4H2;1-2H3;2*1H;/q2*-1;;;;+2. The zero-order valence-corrected chi connectivity index (χ0v) is 19.4. The maximum atomic E-state index is 5.36. The Bertz CT molecular complexity index is 819. The topological polar surface area (TPSA) is 9.23 Å². The second-order valence-corrected chi connectivity index (χ2v) is 8.11. The van der Waals surface area contributed by atoms with Crippen LogP contribution in [0.3, 0.4) is 0 Å². The average Bonchev–Trinajstić information content (AvgIpc) is 3.25. The first kappa shape index (κ1) is 24.9. The molecule has 26 heavy (non-hydrogen) atoms. The molecule has 0 saturated carbocycles. The Morgan fingerprint density at radius 2 is 1.81 bits per heavy atom. The molecule has 0 aromatic heterocycles. The van der Waals surface area contributed by atoms with Crippen LogP contribution in [0.25, 0.3) is 21.9 Å². The molecule has 4 heteroatoms. The van der Waals surface area contributed by atoms with E-state index in [1.54, 1.807) is 31.3 Å². The van der Waals surface area contributed by atoms with Crippen LogP contribution in [0, 0.1) is 6.08 Å². The van der Waals surface area contributed by atoms with Crippen molar-refractivity contribution < 1.29 is 29.0 Å². The second-order valence-electron chi connectivity index (χ2n) is 5.66. The maximum absolute atomic E-state index is 5.36. The summed E-state index contributed by atoms with van der Waals surface area (Å²) in [7, 11) is 1.71. The Kier molecular flexibility index (Phi) is 12.6. The molecule has 0 N–H and O–H groups in total. The molecule has 0 radical (unpaired) electrons. The first-order chi connectivity index (χ1) is 11.6. The zero-order valence-electron chi connectivity index (χ0n) is 15.3. The van der Waals surface area contributed by atoms with Crippen molar-refractivity contribution in [3.63, 3.8) is 0 Å². The van der Waals surface area contributed by atoms with Crippen LogP contribution in [0.2, 0.25) is 0 Å². The molecule has 0 atom stereocenters. The minimum absolute atomic E-state index is 0. The smallest absolute Gasteiger partial charge is 0.109 e. The molecule has 3 aliphatic carbocycles. The van der Waals surface area contributed by atoms with E-state index in [0.717, 1.165) is 12.2 Å². The third-order valence-corrected chi connectivity index (χ3v) is 3.42. The van der Waals surface area contributed by atoms with Gasteiger partial charge in [0.25, 0.3) is 0 Å². The van der Waals surface area contributed by atoms with Crippen LogP contribution in [0.5, 0.6) is 5.75 Å². The van der Waals surface area contributed by atoms with E-state index in [2.05, 4.69) is 62.4 Å². The van der Waals surface area contributed by atoms with Gasteiger partial charge in [-0.3, -0.25) is 6.08 Å². The summed E-state index contributed by atoms with van der Waals surface area (Å²) in [4.78, 5) is 0. The van der Waals surface area contributed by atoms with E-state index in [0.29, 0.717) is 0 Å². The van der Waals surface area contributed by atoms with E-state index in [1.807, 2.05) is 24.3 Å². The van der Waals surface area contributed by atoms with Crippen molar-refractivity contribution in [3.05, 3.63) is 72.8 Å². The van der Waals surface area contributed by atoms with E-state index in [4.69, 9.17) is 4.74 Å². The van der Waals surface area contributed by atoms with Gasteiger partial charge in [-0.15, -0.1) is 55.5 Å². The van der Waals surface area contributed by atoms with Gasteiger partial charge in [-0.2, -0.15) is 6.08 Å². The van der Waals surface area contributed by atoms with Gasteiger partial charge >= 0.3 is 41.3 Å². The normalized spacial score (nSPS) is 10.8. The number of hydrogen-bond donors (Lipinski definition) is 0. The Balaban J connectivity index is 0.000000480. The molecule has 0 amide bonds. The third-order valence-electron chi connectivity index (χ3n) is 3.42. The SMILES string of the molecule is CO[c-]1cccc2c3ccccc3cc1-2.C[C](C)=[Zr+2].Cl.Cl.[C-]1=CC=CC1. The number of ether oxygens (including phenoxy) is 1. The molecule has 0 heterocycles. The van der Waals surface area contributed by atoms with E-state index in [9.17, 15) is 0 Å². The first-order valence-electron chi connectivity index (χ1n) is 7.98. The fourth-order valence-electron chi connectivity index (χ4n) is 2.47. The van der Waals surface area contributed by atoms with Gasteiger partial charge in [0.1, 0.15) is 0 Å². The zero-order chi connectivity index (χ0) is 17.4. The first-order valence-corrected chi connectivity index (χ1v) is 9.21. The summed E-state index contributed by atoms with van der Waals surface area (Å²) in [6, 6.07) is 16.8. The fraction of sp³-hybridized carbons (Fsp3) is 0.182. The molecule has 0 fully saturated rings. The predicted molar refractivity (Wildman–Crippen MR) is 115 cm³/mol. The van der Waals surface area contributed by atoms with Gasteiger partial charge in [-0.25, -0.2) is 12.2 Å². The number of hydrogen-bond acceptors (Lipinski definition) is 1. The molecule has 1 aromatic carbocycles. The molecule has 1 aromatic rings. The number of fused-ring (bicyclic) bond motifs is 3. The predicted octanol–water partition coefficient (Wildman–Crippen LogP) is 6.57. The summed E-state index contributed by atoms with van der Waals surface area (Å²) in [6.45, 7) is 4.25. The molecule has 1 nitrogen and oxygen atoms in total. The molecule has 0 bridgehead atoms. The van der Waals surface area contributed by atoms with Gasteiger partial charge in [0.2, 0.25) is 0 Å². The summed E-state index contributed by atoms with van der Waals surface area (Å²) in [5.74, 6) is 0.948. The molecule has 136 valence electrons. The van der Waals surface area contributed by atoms with Crippen LogP contribution in [0.1, 0.15) is 20.3 Å². The van der Waals surface area contributed by atoms with Crippen LogP contribution in [0.15, 0.2) is 66.8 Å². The van der Waals surface area contributed by atoms with E-state index in [-0.39, 0.29) is 24.8 Å². The summed E-state index contributed by atoms with van der Waals surface area (Å²) < 4.78 is 6.86. The summed E-state index contributed by atoms with van der Waals surface area (Å²) in [5.41, 5.74) is 2.46. The second kappa shape index (κ2) is 13.1. The van der Waals surface area contributed by atoms with E-state index >= 15 is 0 Å². The minimum Gasteiger partial charge on any atom is -0.273 e. The molecular weight excluding hydrogens is 442 g/mol. The van der Waals surface area contributed by atoms with Crippen molar-refractivity contribution in [2.75, 3.05) is 7.11 Å². The molecule has 3 aliphatic rings. The quantitative estimate of drug-likeness (QED) is 0.369.